The summed E-state index contributed by atoms with van der Waals surface area (Å²) in [5.41, 5.74) is 0.503. The molecule has 2 rings (SSSR count). The summed E-state index contributed by atoms with van der Waals surface area (Å²) in [4.78, 5) is 11.5. The predicted octanol–water partition coefficient (Wildman–Crippen LogP) is 2.87. The van der Waals surface area contributed by atoms with Crippen molar-refractivity contribution in [2.24, 2.45) is 5.92 Å². The highest BCUT2D eigenvalue weighted by Gasteiger charge is 2.23. The SMILES string of the molecule is COC(=O)c1ccc(I)cc1OCC1CC1. The maximum atomic E-state index is 11.5. The largest absolute Gasteiger partial charge is 0.492 e. The zero-order valence-electron chi connectivity index (χ0n) is 9.03. The van der Waals surface area contributed by atoms with Crippen LogP contribution in [0.1, 0.15) is 23.2 Å². The molecule has 0 spiro atoms. The van der Waals surface area contributed by atoms with Crippen LogP contribution in [0.5, 0.6) is 5.75 Å². The summed E-state index contributed by atoms with van der Waals surface area (Å²) in [5, 5.41) is 0. The molecule has 0 amide bonds. The lowest BCUT2D eigenvalue weighted by molar-refractivity contribution is 0.0595. The number of halogens is 1. The Morgan fingerprint density at radius 2 is 2.25 bits per heavy atom. The fourth-order valence-corrected chi connectivity index (χ4v) is 1.85. The number of hydrogen-bond acceptors (Lipinski definition) is 3. The molecule has 0 bridgehead atoms. The van der Waals surface area contributed by atoms with Crippen LogP contribution in [-0.4, -0.2) is 19.7 Å². The molecule has 0 N–H and O–H groups in total. The maximum Gasteiger partial charge on any atom is 0.341 e. The van der Waals surface area contributed by atoms with Crippen LogP contribution >= 0.6 is 22.6 Å². The minimum atomic E-state index is -0.345. The second-order valence-corrected chi connectivity index (χ2v) is 5.13. The highest BCUT2D eigenvalue weighted by atomic mass is 127. The molecule has 0 saturated heterocycles. The molecule has 86 valence electrons. The molecular formula is C12H13IO3. The molecule has 0 unspecified atom stereocenters. The Balaban J connectivity index is 2.16. The third-order valence-electron chi connectivity index (χ3n) is 2.52. The first-order valence-electron chi connectivity index (χ1n) is 5.21. The van der Waals surface area contributed by atoms with Gasteiger partial charge in [0.1, 0.15) is 11.3 Å². The van der Waals surface area contributed by atoms with E-state index in [2.05, 4.69) is 22.6 Å². The molecule has 1 saturated carbocycles. The van der Waals surface area contributed by atoms with E-state index in [0.29, 0.717) is 23.8 Å². The molecule has 16 heavy (non-hydrogen) atoms. The van der Waals surface area contributed by atoms with Gasteiger partial charge in [-0.2, -0.15) is 0 Å². The van der Waals surface area contributed by atoms with E-state index in [1.54, 1.807) is 6.07 Å². The van der Waals surface area contributed by atoms with Gasteiger partial charge in [0.25, 0.3) is 0 Å². The van der Waals surface area contributed by atoms with Crippen molar-refractivity contribution in [2.75, 3.05) is 13.7 Å². The van der Waals surface area contributed by atoms with Gasteiger partial charge in [0.15, 0.2) is 0 Å². The minimum absolute atomic E-state index is 0.345. The Labute approximate surface area is 108 Å². The molecule has 1 aromatic carbocycles. The van der Waals surface area contributed by atoms with Crippen molar-refractivity contribution in [2.45, 2.75) is 12.8 Å². The number of carbonyl (C=O) groups is 1. The third kappa shape index (κ3) is 2.87. The van der Waals surface area contributed by atoms with E-state index in [4.69, 9.17) is 9.47 Å². The van der Waals surface area contributed by atoms with E-state index in [9.17, 15) is 4.79 Å². The number of benzene rings is 1. The van der Waals surface area contributed by atoms with Crippen LogP contribution in [0.2, 0.25) is 0 Å². The Kier molecular flexibility index (Phi) is 3.68. The van der Waals surface area contributed by atoms with E-state index in [1.165, 1.54) is 20.0 Å². The zero-order valence-corrected chi connectivity index (χ0v) is 11.2. The van der Waals surface area contributed by atoms with E-state index in [0.717, 1.165) is 3.57 Å². The fraction of sp³-hybridized carbons (Fsp3) is 0.417. The molecule has 3 nitrogen and oxygen atoms in total. The molecule has 4 heteroatoms. The molecule has 0 atom stereocenters. The summed E-state index contributed by atoms with van der Waals surface area (Å²) >= 11 is 2.20. The van der Waals surface area contributed by atoms with Gasteiger partial charge in [-0.25, -0.2) is 4.79 Å². The van der Waals surface area contributed by atoms with E-state index in [1.807, 2.05) is 12.1 Å². The van der Waals surface area contributed by atoms with Crippen molar-refractivity contribution in [3.8, 4) is 5.75 Å². The van der Waals surface area contributed by atoms with Crippen molar-refractivity contribution in [3.63, 3.8) is 0 Å². The van der Waals surface area contributed by atoms with Gasteiger partial charge in [-0.3, -0.25) is 0 Å². The zero-order chi connectivity index (χ0) is 11.5. The van der Waals surface area contributed by atoms with E-state index in [-0.39, 0.29) is 5.97 Å². The second kappa shape index (κ2) is 5.03. The summed E-state index contributed by atoms with van der Waals surface area (Å²) in [7, 11) is 1.38. The Bertz CT molecular complexity index is 399. The first kappa shape index (κ1) is 11.7. The number of ether oxygens (including phenoxy) is 2. The van der Waals surface area contributed by atoms with Crippen molar-refractivity contribution in [1.82, 2.24) is 0 Å². The fourth-order valence-electron chi connectivity index (χ4n) is 1.39. The Morgan fingerprint density at radius 1 is 1.50 bits per heavy atom. The average Bonchev–Trinajstić information content (AvgIpc) is 3.09. The standard InChI is InChI=1S/C12H13IO3/c1-15-12(14)10-5-4-9(13)6-11(10)16-7-8-2-3-8/h4-6,8H,2-3,7H2,1H3. The van der Waals surface area contributed by atoms with Gasteiger partial charge in [0.2, 0.25) is 0 Å². The first-order valence-corrected chi connectivity index (χ1v) is 6.29. The smallest absolute Gasteiger partial charge is 0.341 e. The van der Waals surface area contributed by atoms with Crippen LogP contribution in [0.25, 0.3) is 0 Å². The molecular weight excluding hydrogens is 319 g/mol. The molecule has 1 fully saturated rings. The van der Waals surface area contributed by atoms with Gasteiger partial charge in [-0.05, 0) is 59.5 Å². The molecule has 0 aliphatic heterocycles. The monoisotopic (exact) mass is 332 g/mol. The summed E-state index contributed by atoms with van der Waals surface area (Å²) in [6, 6.07) is 5.49. The number of methoxy groups -OCH3 is 1. The molecule has 1 aliphatic carbocycles. The summed E-state index contributed by atoms with van der Waals surface area (Å²) in [6.07, 6.45) is 2.47. The quantitative estimate of drug-likeness (QED) is 0.628. The molecule has 0 aromatic heterocycles. The second-order valence-electron chi connectivity index (χ2n) is 3.89. The Hall–Kier alpha value is -0.780. The normalized spacial score (nSPS) is 14.6. The van der Waals surface area contributed by atoms with Crippen LogP contribution < -0.4 is 4.74 Å². The van der Waals surface area contributed by atoms with E-state index >= 15 is 0 Å². The van der Waals surface area contributed by atoms with Crippen LogP contribution in [0.4, 0.5) is 0 Å². The van der Waals surface area contributed by atoms with Crippen molar-refractivity contribution in [1.29, 1.82) is 0 Å². The minimum Gasteiger partial charge on any atom is -0.492 e. The van der Waals surface area contributed by atoms with Crippen LogP contribution in [-0.2, 0) is 4.74 Å². The predicted molar refractivity (Wildman–Crippen MR) is 68.7 cm³/mol. The molecule has 1 aromatic rings. The third-order valence-corrected chi connectivity index (χ3v) is 3.19. The Morgan fingerprint density at radius 3 is 2.88 bits per heavy atom. The highest BCUT2D eigenvalue weighted by Crippen LogP contribution is 2.31. The molecule has 0 heterocycles. The lowest BCUT2D eigenvalue weighted by Gasteiger charge is -2.10. The van der Waals surface area contributed by atoms with Crippen molar-refractivity contribution < 1.29 is 14.3 Å². The van der Waals surface area contributed by atoms with Crippen molar-refractivity contribution in [3.05, 3.63) is 27.3 Å². The molecule has 1 aliphatic rings. The van der Waals surface area contributed by atoms with Crippen molar-refractivity contribution >= 4 is 28.6 Å². The summed E-state index contributed by atoms with van der Waals surface area (Å²) in [5.74, 6) is 0.955. The lowest BCUT2D eigenvalue weighted by Crippen LogP contribution is -2.07. The van der Waals surface area contributed by atoms with Gasteiger partial charge in [-0.1, -0.05) is 0 Å². The highest BCUT2D eigenvalue weighted by molar-refractivity contribution is 14.1. The van der Waals surface area contributed by atoms with Crippen LogP contribution in [0, 0.1) is 9.49 Å². The average molecular weight is 332 g/mol. The number of rotatable bonds is 4. The molecule has 0 radical (unpaired) electrons. The van der Waals surface area contributed by atoms with Gasteiger partial charge in [0.05, 0.1) is 13.7 Å². The topological polar surface area (TPSA) is 35.5 Å². The number of esters is 1. The van der Waals surface area contributed by atoms with Gasteiger partial charge in [0, 0.05) is 3.57 Å². The van der Waals surface area contributed by atoms with E-state index < -0.39 is 0 Å². The lowest BCUT2D eigenvalue weighted by atomic mass is 10.2. The van der Waals surface area contributed by atoms with Crippen LogP contribution in [0.3, 0.4) is 0 Å². The van der Waals surface area contributed by atoms with Gasteiger partial charge in [-0.15, -0.1) is 0 Å². The number of hydrogen-bond donors (Lipinski definition) is 0. The summed E-state index contributed by atoms with van der Waals surface area (Å²) < 4.78 is 11.4. The summed E-state index contributed by atoms with van der Waals surface area (Å²) in [6.45, 7) is 0.698. The van der Waals surface area contributed by atoms with Crippen LogP contribution in [0.15, 0.2) is 18.2 Å². The first-order chi connectivity index (χ1) is 7.70. The van der Waals surface area contributed by atoms with Gasteiger partial charge >= 0.3 is 5.97 Å². The number of carbonyl (C=O) groups excluding carboxylic acids is 1. The maximum absolute atomic E-state index is 11.5. The van der Waals surface area contributed by atoms with Gasteiger partial charge < -0.3 is 9.47 Å².